The van der Waals surface area contributed by atoms with Gasteiger partial charge < -0.3 is 9.84 Å². The third kappa shape index (κ3) is 4.49. The van der Waals surface area contributed by atoms with Gasteiger partial charge >= 0.3 is 11.8 Å². The van der Waals surface area contributed by atoms with Crippen molar-refractivity contribution >= 4 is 21.7 Å². The molecule has 0 radical (unpaired) electrons. The molecule has 1 aliphatic rings. The second kappa shape index (κ2) is 8.56. The minimum Gasteiger partial charge on any atom is -0.328 e. The van der Waals surface area contributed by atoms with E-state index in [9.17, 15) is 13.2 Å². The fourth-order valence-electron chi connectivity index (χ4n) is 3.47. The van der Waals surface area contributed by atoms with E-state index in [1.165, 1.54) is 10.4 Å². The van der Waals surface area contributed by atoms with Crippen LogP contribution in [0.5, 0.6) is 0 Å². The molecule has 1 fully saturated rings. The molecule has 2 aromatic heterocycles. The average molecular weight is 442 g/mol. The van der Waals surface area contributed by atoms with Crippen molar-refractivity contribution in [3.63, 3.8) is 0 Å². The minimum atomic E-state index is -3.62. The number of nitrogens with one attached hydrogen (secondary N) is 1. The molecule has 9 nitrogen and oxygen atoms in total. The van der Waals surface area contributed by atoms with E-state index >= 15 is 0 Å². The highest BCUT2D eigenvalue weighted by Gasteiger charge is 2.28. The average Bonchev–Trinajstić information content (AvgIpc) is 3.25. The molecule has 3 heterocycles. The SMILES string of the molecule is Cc1ccnc(NC(=O)c2nc(-c3ccc(C)c(S(=O)(=O)N4CCCCC4)c3)no2)c1. The van der Waals surface area contributed by atoms with E-state index in [4.69, 9.17) is 4.52 Å². The topological polar surface area (TPSA) is 118 Å². The van der Waals surface area contributed by atoms with E-state index < -0.39 is 15.9 Å². The first-order valence-electron chi connectivity index (χ1n) is 10.0. The molecule has 31 heavy (non-hydrogen) atoms. The van der Waals surface area contributed by atoms with Crippen LogP contribution in [0, 0.1) is 13.8 Å². The number of amides is 1. The number of hydrogen-bond acceptors (Lipinski definition) is 7. The molecule has 0 spiro atoms. The molecule has 1 aromatic carbocycles. The Balaban J connectivity index is 1.59. The Bertz CT molecular complexity index is 1220. The molecule has 0 saturated carbocycles. The number of carbonyl (C=O) groups is 1. The molecule has 0 unspecified atom stereocenters. The zero-order valence-corrected chi connectivity index (χ0v) is 18.1. The summed E-state index contributed by atoms with van der Waals surface area (Å²) in [6.45, 7) is 4.68. The van der Waals surface area contributed by atoms with Gasteiger partial charge in [0.25, 0.3) is 0 Å². The van der Waals surface area contributed by atoms with Crippen LogP contribution >= 0.6 is 0 Å². The van der Waals surface area contributed by atoms with Gasteiger partial charge in [0.2, 0.25) is 15.8 Å². The second-order valence-electron chi connectivity index (χ2n) is 7.54. The van der Waals surface area contributed by atoms with Crippen LogP contribution in [-0.2, 0) is 10.0 Å². The van der Waals surface area contributed by atoms with Crippen molar-refractivity contribution in [3.05, 3.63) is 53.5 Å². The van der Waals surface area contributed by atoms with E-state index in [2.05, 4.69) is 20.4 Å². The third-order valence-electron chi connectivity index (χ3n) is 5.16. The zero-order chi connectivity index (χ0) is 22.0. The zero-order valence-electron chi connectivity index (χ0n) is 17.3. The number of benzene rings is 1. The maximum atomic E-state index is 13.1. The number of piperidine rings is 1. The number of aryl methyl sites for hydroxylation is 2. The van der Waals surface area contributed by atoms with Crippen LogP contribution in [0.2, 0.25) is 0 Å². The molecule has 0 bridgehead atoms. The van der Waals surface area contributed by atoms with Gasteiger partial charge in [0.15, 0.2) is 0 Å². The van der Waals surface area contributed by atoms with Gasteiger partial charge in [-0.3, -0.25) is 4.79 Å². The number of sulfonamides is 1. The molecule has 1 N–H and O–H groups in total. The van der Waals surface area contributed by atoms with Gasteiger partial charge in [-0.15, -0.1) is 0 Å². The third-order valence-corrected chi connectivity index (χ3v) is 7.20. The first kappa shape index (κ1) is 21.1. The molecule has 1 aliphatic heterocycles. The molecule has 1 saturated heterocycles. The standard InChI is InChI=1S/C21H23N5O4S/c1-14-8-9-22-18(12-14)23-20(27)21-24-19(25-30-21)16-7-6-15(2)17(13-16)31(28,29)26-10-4-3-5-11-26/h6-9,12-13H,3-5,10-11H2,1-2H3,(H,22,23,27). The largest absolute Gasteiger partial charge is 0.328 e. The minimum absolute atomic E-state index is 0.137. The van der Waals surface area contributed by atoms with Crippen molar-refractivity contribution in [2.24, 2.45) is 0 Å². The molecule has 162 valence electrons. The number of carbonyl (C=O) groups excluding carboxylic acids is 1. The molecule has 0 atom stereocenters. The summed E-state index contributed by atoms with van der Waals surface area (Å²) in [6.07, 6.45) is 4.34. The van der Waals surface area contributed by atoms with Crippen LogP contribution < -0.4 is 5.32 Å². The van der Waals surface area contributed by atoms with Crippen LogP contribution in [0.15, 0.2) is 45.9 Å². The summed E-state index contributed by atoms with van der Waals surface area (Å²) in [5.41, 5.74) is 2.04. The molecular formula is C21H23N5O4S. The number of hydrogen-bond donors (Lipinski definition) is 1. The van der Waals surface area contributed by atoms with E-state index in [1.807, 2.05) is 13.0 Å². The molecule has 10 heteroatoms. The second-order valence-corrected chi connectivity index (χ2v) is 9.45. The highest BCUT2D eigenvalue weighted by atomic mass is 32.2. The van der Waals surface area contributed by atoms with Crippen LogP contribution in [-0.4, -0.2) is 46.8 Å². The monoisotopic (exact) mass is 441 g/mol. The van der Waals surface area contributed by atoms with Gasteiger partial charge in [0, 0.05) is 24.8 Å². The summed E-state index contributed by atoms with van der Waals surface area (Å²) >= 11 is 0. The number of anilines is 1. The van der Waals surface area contributed by atoms with Crippen LogP contribution in [0.25, 0.3) is 11.4 Å². The van der Waals surface area contributed by atoms with Gasteiger partial charge in [-0.1, -0.05) is 23.7 Å². The highest BCUT2D eigenvalue weighted by Crippen LogP contribution is 2.27. The molecule has 0 aliphatic carbocycles. The Morgan fingerprint density at radius 2 is 1.87 bits per heavy atom. The van der Waals surface area contributed by atoms with Crippen molar-refractivity contribution in [1.82, 2.24) is 19.4 Å². The maximum Gasteiger partial charge on any atom is 0.316 e. The van der Waals surface area contributed by atoms with Gasteiger partial charge in [-0.25, -0.2) is 13.4 Å². The van der Waals surface area contributed by atoms with Gasteiger partial charge in [-0.2, -0.15) is 9.29 Å². The number of nitrogens with zero attached hydrogens (tertiary/aromatic N) is 4. The van der Waals surface area contributed by atoms with Gasteiger partial charge in [0.05, 0.1) is 4.90 Å². The predicted octanol–water partition coefficient (Wildman–Crippen LogP) is 3.18. The molecular weight excluding hydrogens is 418 g/mol. The normalized spacial score (nSPS) is 15.0. The smallest absolute Gasteiger partial charge is 0.316 e. The van der Waals surface area contributed by atoms with Gasteiger partial charge in [-0.05, 0) is 56.0 Å². The number of rotatable bonds is 5. The Morgan fingerprint density at radius 1 is 1.10 bits per heavy atom. The van der Waals surface area contributed by atoms with E-state index in [-0.39, 0.29) is 16.6 Å². The van der Waals surface area contributed by atoms with E-state index in [1.54, 1.807) is 31.3 Å². The first-order valence-corrected chi connectivity index (χ1v) is 11.5. The number of pyridine rings is 1. The summed E-state index contributed by atoms with van der Waals surface area (Å²) in [7, 11) is -3.62. The van der Waals surface area contributed by atoms with Gasteiger partial charge in [0.1, 0.15) is 5.82 Å². The van der Waals surface area contributed by atoms with Crippen molar-refractivity contribution in [2.75, 3.05) is 18.4 Å². The summed E-state index contributed by atoms with van der Waals surface area (Å²) < 4.78 is 32.9. The molecule has 4 rings (SSSR count). The van der Waals surface area contributed by atoms with Crippen molar-refractivity contribution in [3.8, 4) is 11.4 Å². The summed E-state index contributed by atoms with van der Waals surface area (Å²) in [6, 6.07) is 8.48. The summed E-state index contributed by atoms with van der Waals surface area (Å²) in [4.78, 5) is 20.8. The summed E-state index contributed by atoms with van der Waals surface area (Å²) in [5, 5.41) is 6.46. The lowest BCUT2D eigenvalue weighted by Crippen LogP contribution is -2.35. The van der Waals surface area contributed by atoms with Crippen molar-refractivity contribution < 1.29 is 17.7 Å². The fourth-order valence-corrected chi connectivity index (χ4v) is 5.24. The Labute approximate surface area is 180 Å². The lowest BCUT2D eigenvalue weighted by atomic mass is 10.1. The van der Waals surface area contributed by atoms with Crippen molar-refractivity contribution in [2.45, 2.75) is 38.0 Å². The Morgan fingerprint density at radius 3 is 2.61 bits per heavy atom. The van der Waals surface area contributed by atoms with Crippen LogP contribution in [0.1, 0.15) is 41.1 Å². The maximum absolute atomic E-state index is 13.1. The first-order chi connectivity index (χ1) is 14.8. The van der Waals surface area contributed by atoms with Crippen molar-refractivity contribution in [1.29, 1.82) is 0 Å². The fraction of sp³-hybridized carbons (Fsp3) is 0.333. The molecule has 1 amide bonds. The van der Waals surface area contributed by atoms with Crippen LogP contribution in [0.4, 0.5) is 5.82 Å². The summed E-state index contributed by atoms with van der Waals surface area (Å²) in [5.74, 6) is -0.322. The van der Waals surface area contributed by atoms with Crippen LogP contribution in [0.3, 0.4) is 0 Å². The number of aromatic nitrogens is 3. The Kier molecular flexibility index (Phi) is 5.84. The highest BCUT2D eigenvalue weighted by molar-refractivity contribution is 7.89. The lowest BCUT2D eigenvalue weighted by Gasteiger charge is -2.26. The predicted molar refractivity (Wildman–Crippen MR) is 114 cm³/mol. The lowest BCUT2D eigenvalue weighted by molar-refractivity contribution is 0.0981. The quantitative estimate of drug-likeness (QED) is 0.646. The Hall–Kier alpha value is -3.11. The molecule has 3 aromatic rings. The van der Waals surface area contributed by atoms with E-state index in [0.29, 0.717) is 30.0 Å². The van der Waals surface area contributed by atoms with E-state index in [0.717, 1.165) is 24.8 Å².